The number of halogens is 3. The molecule has 0 aromatic heterocycles. The van der Waals surface area contributed by atoms with E-state index in [-0.39, 0.29) is 0 Å². The first-order chi connectivity index (χ1) is 6.20. The van der Waals surface area contributed by atoms with E-state index in [0.717, 1.165) is 0 Å². The third kappa shape index (κ3) is 3.43. The molecule has 84 valence electrons. The Morgan fingerprint density at radius 1 is 1.36 bits per heavy atom. The van der Waals surface area contributed by atoms with Crippen LogP contribution in [0.2, 0.25) is 0 Å². The normalized spacial score (nSPS) is 32.0. The van der Waals surface area contributed by atoms with E-state index in [1.165, 1.54) is 0 Å². The average Bonchev–Trinajstić information content (AvgIpc) is 2.19. The SMILES string of the molecule is O=S1(=O)C[C@@H](O)[C@H](NCC(F)(F)F)C1. The number of rotatable bonds is 2. The zero-order valence-electron chi connectivity index (χ0n) is 7.08. The van der Waals surface area contributed by atoms with Crippen LogP contribution in [0.4, 0.5) is 13.2 Å². The second-order valence-electron chi connectivity index (χ2n) is 3.25. The van der Waals surface area contributed by atoms with Crippen LogP contribution in [-0.4, -0.2) is 49.9 Å². The molecule has 14 heavy (non-hydrogen) atoms. The molecule has 0 saturated carbocycles. The first kappa shape index (κ1) is 11.7. The summed E-state index contributed by atoms with van der Waals surface area (Å²) in [4.78, 5) is 0. The third-order valence-corrected chi connectivity index (χ3v) is 3.60. The number of aliphatic hydroxyl groups is 1. The molecule has 0 aromatic rings. The highest BCUT2D eigenvalue weighted by Crippen LogP contribution is 2.16. The fourth-order valence-corrected chi connectivity index (χ4v) is 3.05. The van der Waals surface area contributed by atoms with Crippen molar-refractivity contribution in [3.8, 4) is 0 Å². The molecular weight excluding hydrogens is 223 g/mol. The van der Waals surface area contributed by atoms with Crippen LogP contribution in [0.1, 0.15) is 0 Å². The van der Waals surface area contributed by atoms with Crippen LogP contribution >= 0.6 is 0 Å². The molecule has 1 heterocycles. The number of alkyl halides is 3. The van der Waals surface area contributed by atoms with Crippen molar-refractivity contribution in [3.05, 3.63) is 0 Å². The van der Waals surface area contributed by atoms with Crippen LogP contribution in [0.25, 0.3) is 0 Å². The summed E-state index contributed by atoms with van der Waals surface area (Å²) in [7, 11) is -3.39. The lowest BCUT2D eigenvalue weighted by molar-refractivity contribution is -0.127. The van der Waals surface area contributed by atoms with Crippen molar-refractivity contribution in [3.63, 3.8) is 0 Å². The van der Waals surface area contributed by atoms with Gasteiger partial charge in [0.2, 0.25) is 0 Å². The molecule has 0 spiro atoms. The Bertz CT molecular complexity index is 300. The molecule has 0 aliphatic carbocycles. The van der Waals surface area contributed by atoms with E-state index in [2.05, 4.69) is 0 Å². The minimum atomic E-state index is -4.40. The number of nitrogens with one attached hydrogen (secondary N) is 1. The topological polar surface area (TPSA) is 66.4 Å². The van der Waals surface area contributed by atoms with Gasteiger partial charge in [0.05, 0.1) is 24.2 Å². The van der Waals surface area contributed by atoms with E-state index in [1.807, 2.05) is 5.32 Å². The minimum absolute atomic E-state index is 0.440. The van der Waals surface area contributed by atoms with Crippen LogP contribution in [0.15, 0.2) is 0 Å². The fraction of sp³-hybridized carbons (Fsp3) is 1.00. The predicted molar refractivity (Wildman–Crippen MR) is 42.5 cm³/mol. The molecule has 8 heteroatoms. The molecule has 1 rings (SSSR count). The van der Waals surface area contributed by atoms with Crippen LogP contribution < -0.4 is 5.32 Å². The van der Waals surface area contributed by atoms with Gasteiger partial charge in [0, 0.05) is 6.04 Å². The van der Waals surface area contributed by atoms with Crippen molar-refractivity contribution in [2.45, 2.75) is 18.3 Å². The van der Waals surface area contributed by atoms with Gasteiger partial charge < -0.3 is 10.4 Å². The van der Waals surface area contributed by atoms with E-state index in [4.69, 9.17) is 5.11 Å². The molecule has 2 atom stereocenters. The smallest absolute Gasteiger partial charge is 0.390 e. The summed E-state index contributed by atoms with van der Waals surface area (Å²) in [5.74, 6) is -0.910. The van der Waals surface area contributed by atoms with E-state index >= 15 is 0 Å². The van der Waals surface area contributed by atoms with Gasteiger partial charge in [-0.05, 0) is 0 Å². The molecule has 0 bridgehead atoms. The standard InChI is InChI=1S/C6H10F3NO3S/c7-6(8,9)3-10-4-1-14(12,13)2-5(4)11/h4-5,10-11H,1-3H2/t4-,5-/m1/s1. The van der Waals surface area contributed by atoms with E-state index in [1.54, 1.807) is 0 Å². The van der Waals surface area contributed by atoms with E-state index in [9.17, 15) is 21.6 Å². The highest BCUT2D eigenvalue weighted by molar-refractivity contribution is 7.91. The van der Waals surface area contributed by atoms with Gasteiger partial charge in [-0.1, -0.05) is 0 Å². The molecule has 1 aliphatic rings. The summed E-state index contributed by atoms with van der Waals surface area (Å²) in [6, 6.07) is -1.01. The van der Waals surface area contributed by atoms with Crippen LogP contribution in [-0.2, 0) is 9.84 Å². The van der Waals surface area contributed by atoms with Crippen LogP contribution in [0, 0.1) is 0 Å². The zero-order chi connectivity index (χ0) is 11.0. The van der Waals surface area contributed by atoms with Gasteiger partial charge in [-0.15, -0.1) is 0 Å². The number of hydrogen-bond acceptors (Lipinski definition) is 4. The van der Waals surface area contributed by atoms with Crippen molar-refractivity contribution in [2.75, 3.05) is 18.1 Å². The van der Waals surface area contributed by atoms with Crippen molar-refractivity contribution in [2.24, 2.45) is 0 Å². The Morgan fingerprint density at radius 2 is 1.93 bits per heavy atom. The van der Waals surface area contributed by atoms with Crippen molar-refractivity contribution >= 4 is 9.84 Å². The van der Waals surface area contributed by atoms with Gasteiger partial charge in [-0.25, -0.2) is 8.42 Å². The Morgan fingerprint density at radius 3 is 2.29 bits per heavy atom. The molecule has 0 radical (unpaired) electrons. The molecule has 0 unspecified atom stereocenters. The Kier molecular flexibility index (Phi) is 3.07. The Hall–Kier alpha value is -0.340. The minimum Gasteiger partial charge on any atom is -0.390 e. The maximum atomic E-state index is 11.7. The maximum absolute atomic E-state index is 11.7. The lowest BCUT2D eigenvalue weighted by atomic mass is 10.2. The largest absolute Gasteiger partial charge is 0.401 e. The lowest BCUT2D eigenvalue weighted by Gasteiger charge is -2.15. The predicted octanol–water partition coefficient (Wildman–Crippen LogP) is -0.704. The molecule has 2 N–H and O–H groups in total. The number of hydrogen-bond donors (Lipinski definition) is 2. The summed E-state index contributed by atoms with van der Waals surface area (Å²) in [5, 5.41) is 11.1. The highest BCUT2D eigenvalue weighted by atomic mass is 32.2. The molecule has 1 saturated heterocycles. The molecule has 1 aliphatic heterocycles. The summed E-state index contributed by atoms with van der Waals surface area (Å²) in [5.41, 5.74) is 0. The first-order valence-electron chi connectivity index (χ1n) is 3.88. The van der Waals surface area contributed by atoms with E-state index < -0.39 is 46.2 Å². The molecular formula is C6H10F3NO3S. The lowest BCUT2D eigenvalue weighted by Crippen LogP contribution is -2.43. The fourth-order valence-electron chi connectivity index (χ4n) is 1.27. The summed E-state index contributed by atoms with van der Waals surface area (Å²) in [6.45, 7) is -1.29. The van der Waals surface area contributed by atoms with Gasteiger partial charge in [-0.2, -0.15) is 13.2 Å². The molecule has 0 amide bonds. The third-order valence-electron chi connectivity index (χ3n) is 1.89. The first-order valence-corrected chi connectivity index (χ1v) is 5.70. The van der Waals surface area contributed by atoms with Gasteiger partial charge in [0.25, 0.3) is 0 Å². The second-order valence-corrected chi connectivity index (χ2v) is 5.40. The van der Waals surface area contributed by atoms with Gasteiger partial charge >= 0.3 is 6.18 Å². The molecule has 0 aromatic carbocycles. The number of aliphatic hydroxyl groups excluding tert-OH is 1. The Labute approximate surface area is 79.0 Å². The average molecular weight is 233 g/mol. The molecule has 4 nitrogen and oxygen atoms in total. The highest BCUT2D eigenvalue weighted by Gasteiger charge is 2.38. The van der Waals surface area contributed by atoms with Gasteiger partial charge in [0.15, 0.2) is 9.84 Å². The van der Waals surface area contributed by atoms with Gasteiger partial charge in [-0.3, -0.25) is 0 Å². The van der Waals surface area contributed by atoms with Crippen molar-refractivity contribution in [1.29, 1.82) is 0 Å². The Balaban J connectivity index is 2.48. The quantitative estimate of drug-likeness (QED) is 0.661. The summed E-state index contributed by atoms with van der Waals surface area (Å²) < 4.78 is 57.0. The van der Waals surface area contributed by atoms with Crippen molar-refractivity contribution in [1.82, 2.24) is 5.32 Å². The summed E-state index contributed by atoms with van der Waals surface area (Å²) in [6.07, 6.45) is -5.64. The monoisotopic (exact) mass is 233 g/mol. The summed E-state index contributed by atoms with van der Waals surface area (Å²) >= 11 is 0. The van der Waals surface area contributed by atoms with Gasteiger partial charge in [0.1, 0.15) is 0 Å². The second kappa shape index (κ2) is 3.67. The van der Waals surface area contributed by atoms with Crippen LogP contribution in [0.3, 0.4) is 0 Å². The zero-order valence-corrected chi connectivity index (χ0v) is 7.90. The maximum Gasteiger partial charge on any atom is 0.401 e. The van der Waals surface area contributed by atoms with Crippen molar-refractivity contribution < 1.29 is 26.7 Å². The number of sulfone groups is 1. The van der Waals surface area contributed by atoms with E-state index in [0.29, 0.717) is 0 Å². The van der Waals surface area contributed by atoms with Crippen LogP contribution in [0.5, 0.6) is 0 Å². The molecule has 1 fully saturated rings.